The number of halogens is 1. The Balaban J connectivity index is 1.56. The molecule has 0 amide bonds. The smallest absolute Gasteiger partial charge is 0.187 e. The number of rotatable bonds is 8. The molecule has 1 fully saturated rings. The fraction of sp³-hybridized carbons (Fsp3) is 0.321. The van der Waals surface area contributed by atoms with Crippen molar-refractivity contribution in [3.05, 3.63) is 100 Å². The van der Waals surface area contributed by atoms with E-state index in [0.29, 0.717) is 23.0 Å². The van der Waals surface area contributed by atoms with Crippen molar-refractivity contribution in [1.82, 2.24) is 4.90 Å². The quantitative estimate of drug-likeness (QED) is 0.433. The normalized spacial score (nSPS) is 18.0. The number of piperazine rings is 1. The van der Waals surface area contributed by atoms with Gasteiger partial charge < -0.3 is 19.8 Å². The van der Waals surface area contributed by atoms with Crippen LogP contribution in [0.15, 0.2) is 72.8 Å². The first-order valence-electron chi connectivity index (χ1n) is 11.7. The molecule has 0 saturated carbocycles. The predicted octanol–water partition coefficient (Wildman–Crippen LogP) is 5.03. The zero-order valence-corrected chi connectivity index (χ0v) is 20.5. The number of β-amino-alcohol motifs (C(OH)–C–C–N with tert-alkyl or cyclic N) is 1. The van der Waals surface area contributed by atoms with Crippen molar-refractivity contribution in [2.75, 3.05) is 44.3 Å². The molecule has 0 aromatic heterocycles. The molecule has 0 aliphatic carbocycles. The monoisotopic (exact) mass is 491 g/mol. The molecule has 0 spiro atoms. The average molecular weight is 492 g/mol. The largest absolute Gasteiger partial charge is 0.491 e. The minimum absolute atomic E-state index is 0.0481. The molecule has 6 nitrogen and oxygen atoms in total. The second-order valence-electron chi connectivity index (χ2n) is 8.97. The van der Waals surface area contributed by atoms with E-state index >= 15 is 0 Å². The third kappa shape index (κ3) is 5.95. The number of hydrogen-bond donors (Lipinski definition) is 2. The van der Waals surface area contributed by atoms with Gasteiger partial charge in [0.15, 0.2) is 5.69 Å². The van der Waals surface area contributed by atoms with Crippen LogP contribution in [0.3, 0.4) is 0 Å². The van der Waals surface area contributed by atoms with Gasteiger partial charge in [-0.3, -0.25) is 4.90 Å². The van der Waals surface area contributed by atoms with Crippen LogP contribution in [0, 0.1) is 6.57 Å². The average Bonchev–Trinajstić information content (AvgIpc) is 2.88. The van der Waals surface area contributed by atoms with Crippen LogP contribution in [0.4, 0.5) is 11.4 Å². The van der Waals surface area contributed by atoms with Crippen molar-refractivity contribution < 1.29 is 14.9 Å². The van der Waals surface area contributed by atoms with Crippen molar-refractivity contribution in [2.24, 2.45) is 0 Å². The lowest BCUT2D eigenvalue weighted by Crippen LogP contribution is -2.52. The lowest BCUT2D eigenvalue weighted by atomic mass is 9.93. The molecule has 1 saturated heterocycles. The fourth-order valence-electron chi connectivity index (χ4n) is 4.63. The highest BCUT2D eigenvalue weighted by molar-refractivity contribution is 6.33. The van der Waals surface area contributed by atoms with Gasteiger partial charge in [0.05, 0.1) is 35.5 Å². The first kappa shape index (κ1) is 25.0. The van der Waals surface area contributed by atoms with Crippen molar-refractivity contribution in [2.45, 2.75) is 18.6 Å². The summed E-state index contributed by atoms with van der Waals surface area (Å²) in [7, 11) is 0. The molecule has 3 aromatic carbocycles. The van der Waals surface area contributed by atoms with Crippen molar-refractivity contribution in [3.63, 3.8) is 0 Å². The Morgan fingerprint density at radius 2 is 1.83 bits per heavy atom. The van der Waals surface area contributed by atoms with E-state index in [4.69, 9.17) is 28.0 Å². The molecule has 4 rings (SSSR count). The molecule has 0 bridgehead atoms. The zero-order valence-electron chi connectivity index (χ0n) is 19.8. The second kappa shape index (κ2) is 11.1. The van der Waals surface area contributed by atoms with E-state index in [-0.39, 0.29) is 19.3 Å². The molecule has 2 N–H and O–H groups in total. The van der Waals surface area contributed by atoms with E-state index < -0.39 is 5.60 Å². The molecule has 0 radical (unpaired) electrons. The summed E-state index contributed by atoms with van der Waals surface area (Å²) in [6.45, 7) is 11.8. The van der Waals surface area contributed by atoms with Crippen molar-refractivity contribution in [3.8, 4) is 5.75 Å². The Morgan fingerprint density at radius 1 is 1.09 bits per heavy atom. The lowest BCUT2D eigenvalue weighted by Gasteiger charge is -2.45. The van der Waals surface area contributed by atoms with E-state index in [1.54, 1.807) is 18.2 Å². The maximum atomic E-state index is 11.3. The molecular formula is C28H30ClN3O3. The van der Waals surface area contributed by atoms with E-state index in [1.165, 1.54) is 5.56 Å². The Kier molecular flexibility index (Phi) is 7.94. The summed E-state index contributed by atoms with van der Waals surface area (Å²) in [6.07, 6.45) is 0. The summed E-state index contributed by atoms with van der Waals surface area (Å²) in [5, 5.41) is 20.9. The number of benzene rings is 3. The summed E-state index contributed by atoms with van der Waals surface area (Å²) in [4.78, 5) is 8.03. The van der Waals surface area contributed by atoms with Gasteiger partial charge >= 0.3 is 0 Å². The number of ether oxygens (including phenoxy) is 1. The van der Waals surface area contributed by atoms with E-state index in [0.717, 1.165) is 30.9 Å². The van der Waals surface area contributed by atoms with E-state index in [1.807, 2.05) is 49.4 Å². The maximum Gasteiger partial charge on any atom is 0.187 e. The van der Waals surface area contributed by atoms with Gasteiger partial charge in [0, 0.05) is 32.2 Å². The highest BCUT2D eigenvalue weighted by Crippen LogP contribution is 2.38. The van der Waals surface area contributed by atoms with E-state index in [2.05, 4.69) is 26.8 Å². The van der Waals surface area contributed by atoms with Gasteiger partial charge in [0.2, 0.25) is 0 Å². The van der Waals surface area contributed by atoms with Crippen LogP contribution in [0.5, 0.6) is 5.75 Å². The number of anilines is 1. The van der Waals surface area contributed by atoms with Crippen LogP contribution in [-0.2, 0) is 5.60 Å². The molecule has 0 unspecified atom stereocenters. The molecule has 1 heterocycles. The molecule has 182 valence electrons. The summed E-state index contributed by atoms with van der Waals surface area (Å²) in [5.74, 6) is 0.628. The number of hydrogen-bond acceptors (Lipinski definition) is 5. The Morgan fingerprint density at radius 3 is 2.49 bits per heavy atom. The Hall–Kier alpha value is -3.08. The van der Waals surface area contributed by atoms with Crippen LogP contribution in [0.2, 0.25) is 5.02 Å². The SMILES string of the molecule is [C-]#[N+]c1ccc([C@](C)(O)CN2CCN(c3ccc(OCCO)cc3Cl)[C@H](c3ccccc3)C2)cc1. The first-order chi connectivity index (χ1) is 16.9. The van der Waals surface area contributed by atoms with Crippen LogP contribution in [0.25, 0.3) is 4.85 Å². The second-order valence-corrected chi connectivity index (χ2v) is 9.38. The molecular weight excluding hydrogens is 462 g/mol. The topological polar surface area (TPSA) is 60.5 Å². The first-order valence-corrected chi connectivity index (χ1v) is 12.1. The summed E-state index contributed by atoms with van der Waals surface area (Å²) in [5.41, 5.74) is 2.41. The maximum absolute atomic E-state index is 11.3. The Labute approximate surface area is 211 Å². The van der Waals surface area contributed by atoms with Gasteiger partial charge in [-0.2, -0.15) is 0 Å². The van der Waals surface area contributed by atoms with Crippen LogP contribution in [0.1, 0.15) is 24.1 Å². The standard InChI is InChI=1S/C28H30ClN3O3/c1-28(34,22-8-10-23(30-2)11-9-22)20-31-14-15-32(27(19-31)21-6-4-3-5-7-21)26-13-12-24(18-25(26)29)35-17-16-33/h3-13,18,27,33-34H,14-17,19-20H2,1H3/t27-,28+/m0/s1. The summed E-state index contributed by atoms with van der Waals surface area (Å²) < 4.78 is 5.51. The minimum atomic E-state index is -1.05. The lowest BCUT2D eigenvalue weighted by molar-refractivity contribution is 0.0103. The molecule has 35 heavy (non-hydrogen) atoms. The highest BCUT2D eigenvalue weighted by atomic mass is 35.5. The molecule has 1 aliphatic heterocycles. The highest BCUT2D eigenvalue weighted by Gasteiger charge is 2.34. The number of nitrogens with zero attached hydrogens (tertiary/aromatic N) is 3. The van der Waals surface area contributed by atoms with Crippen LogP contribution < -0.4 is 9.64 Å². The van der Waals surface area contributed by atoms with E-state index in [9.17, 15) is 5.11 Å². The third-order valence-electron chi connectivity index (χ3n) is 6.39. The van der Waals surface area contributed by atoms with Gasteiger partial charge in [0.25, 0.3) is 0 Å². The van der Waals surface area contributed by atoms with Gasteiger partial charge in [-0.05, 0) is 30.2 Å². The van der Waals surface area contributed by atoms with Crippen molar-refractivity contribution in [1.29, 1.82) is 0 Å². The zero-order chi connectivity index (χ0) is 24.8. The van der Waals surface area contributed by atoms with Gasteiger partial charge in [0.1, 0.15) is 12.4 Å². The Bertz CT molecular complexity index is 1160. The molecule has 1 aliphatic rings. The van der Waals surface area contributed by atoms with Crippen LogP contribution in [-0.4, -0.2) is 54.5 Å². The van der Waals surface area contributed by atoms with Gasteiger partial charge in [-0.1, -0.05) is 66.2 Å². The summed E-state index contributed by atoms with van der Waals surface area (Å²) in [6, 6.07) is 23.2. The molecule has 3 aromatic rings. The predicted molar refractivity (Wildman–Crippen MR) is 139 cm³/mol. The number of aliphatic hydroxyl groups is 2. The summed E-state index contributed by atoms with van der Waals surface area (Å²) >= 11 is 6.68. The van der Waals surface area contributed by atoms with Gasteiger partial charge in [-0.25, -0.2) is 4.85 Å². The molecule has 7 heteroatoms. The fourth-order valence-corrected chi connectivity index (χ4v) is 4.91. The number of aliphatic hydroxyl groups excluding tert-OH is 1. The third-order valence-corrected chi connectivity index (χ3v) is 6.69. The van der Waals surface area contributed by atoms with Crippen LogP contribution >= 0.6 is 11.6 Å². The van der Waals surface area contributed by atoms with Crippen molar-refractivity contribution >= 4 is 23.0 Å². The van der Waals surface area contributed by atoms with Gasteiger partial charge in [-0.15, -0.1) is 0 Å². The molecule has 2 atom stereocenters. The minimum Gasteiger partial charge on any atom is -0.491 e.